The highest BCUT2D eigenvalue weighted by Crippen LogP contribution is 2.31. The molecule has 1 fully saturated rings. The van der Waals surface area contributed by atoms with Crippen LogP contribution >= 0.6 is 0 Å². The summed E-state index contributed by atoms with van der Waals surface area (Å²) in [6.07, 6.45) is 5.39. The van der Waals surface area contributed by atoms with E-state index in [1.165, 1.54) is 19.3 Å². The van der Waals surface area contributed by atoms with E-state index in [0.717, 1.165) is 0 Å². The first-order valence-corrected chi connectivity index (χ1v) is 3.91. The molecule has 0 spiro atoms. The van der Waals surface area contributed by atoms with Gasteiger partial charge in [-0.15, -0.1) is 10.2 Å². The lowest BCUT2D eigenvalue weighted by Crippen LogP contribution is -2.18. The van der Waals surface area contributed by atoms with Gasteiger partial charge in [0.25, 0.3) is 0 Å². The maximum Gasteiger partial charge on any atom is 0.158 e. The van der Waals surface area contributed by atoms with Crippen LogP contribution < -0.4 is 0 Å². The minimum absolute atomic E-state index is 0.00347. The average molecular weight is 153 g/mol. The fourth-order valence-electron chi connectivity index (χ4n) is 1.35. The minimum Gasteiger partial charge on any atom is -0.388 e. The Morgan fingerprint density at radius 1 is 1.64 bits per heavy atom. The van der Waals surface area contributed by atoms with E-state index in [9.17, 15) is 0 Å². The normalized spacial score (nSPS) is 18.3. The number of aliphatic hydroxyl groups excluding tert-OH is 1. The van der Waals surface area contributed by atoms with Gasteiger partial charge in [-0.2, -0.15) is 0 Å². The first-order valence-electron chi connectivity index (χ1n) is 3.91. The Balaban J connectivity index is 2.20. The molecule has 0 aliphatic heterocycles. The lowest BCUT2D eigenvalue weighted by molar-refractivity contribution is 0.240. The molecule has 0 radical (unpaired) electrons. The molecule has 1 saturated carbocycles. The highest BCUT2D eigenvalue weighted by atomic mass is 16.3. The van der Waals surface area contributed by atoms with Crippen molar-refractivity contribution >= 4 is 0 Å². The highest BCUT2D eigenvalue weighted by molar-refractivity contribution is 4.90. The third kappa shape index (κ3) is 1.03. The second-order valence-electron chi connectivity index (χ2n) is 2.90. The van der Waals surface area contributed by atoms with Crippen molar-refractivity contribution in [3.05, 3.63) is 12.2 Å². The van der Waals surface area contributed by atoms with E-state index in [2.05, 4.69) is 10.2 Å². The topological polar surface area (TPSA) is 50.9 Å². The Morgan fingerprint density at radius 3 is 3.00 bits per heavy atom. The van der Waals surface area contributed by atoms with E-state index < -0.39 is 0 Å². The Bertz CT molecular complexity index is 242. The van der Waals surface area contributed by atoms with Gasteiger partial charge in [-0.3, -0.25) is 0 Å². The summed E-state index contributed by atoms with van der Waals surface area (Å²) in [5.74, 6) is 0.690. The Kier molecular flexibility index (Phi) is 1.62. The van der Waals surface area contributed by atoms with Crippen LogP contribution in [0.15, 0.2) is 6.33 Å². The van der Waals surface area contributed by atoms with Gasteiger partial charge in [-0.05, 0) is 19.3 Å². The van der Waals surface area contributed by atoms with Crippen molar-refractivity contribution in [3.8, 4) is 0 Å². The van der Waals surface area contributed by atoms with Crippen LogP contribution in [0.4, 0.5) is 0 Å². The largest absolute Gasteiger partial charge is 0.388 e. The molecule has 1 N–H and O–H groups in total. The van der Waals surface area contributed by atoms with Crippen LogP contribution in [-0.4, -0.2) is 19.9 Å². The second kappa shape index (κ2) is 2.62. The maximum atomic E-state index is 8.85. The van der Waals surface area contributed by atoms with Crippen LogP contribution in [0.1, 0.15) is 31.1 Å². The molecular weight excluding hydrogens is 142 g/mol. The summed E-state index contributed by atoms with van der Waals surface area (Å²) in [4.78, 5) is 0. The monoisotopic (exact) mass is 153 g/mol. The maximum absolute atomic E-state index is 8.85. The molecular formula is C7H11N3O. The molecule has 0 aromatic carbocycles. The summed E-state index contributed by atoms with van der Waals surface area (Å²) in [5.41, 5.74) is 0. The molecule has 60 valence electrons. The van der Waals surface area contributed by atoms with Gasteiger partial charge < -0.3 is 9.67 Å². The number of nitrogens with zero attached hydrogens (tertiary/aromatic N) is 3. The predicted molar refractivity (Wildman–Crippen MR) is 38.8 cm³/mol. The molecule has 0 amide bonds. The lowest BCUT2D eigenvalue weighted by atomic mass is 9.93. The van der Waals surface area contributed by atoms with Gasteiger partial charge in [0.1, 0.15) is 12.9 Å². The van der Waals surface area contributed by atoms with Crippen molar-refractivity contribution in [1.29, 1.82) is 0 Å². The zero-order valence-electron chi connectivity index (χ0n) is 6.27. The van der Waals surface area contributed by atoms with E-state index in [-0.39, 0.29) is 6.61 Å². The molecule has 0 unspecified atom stereocenters. The molecule has 4 nitrogen and oxygen atoms in total. The predicted octanol–water partition coefficient (Wildman–Crippen LogP) is 0.495. The first-order chi connectivity index (χ1) is 5.42. The summed E-state index contributed by atoms with van der Waals surface area (Å²) < 4.78 is 1.98. The second-order valence-corrected chi connectivity index (χ2v) is 2.90. The zero-order chi connectivity index (χ0) is 7.68. The fourth-order valence-corrected chi connectivity index (χ4v) is 1.35. The van der Waals surface area contributed by atoms with Crippen LogP contribution in [-0.2, 0) is 6.61 Å². The molecule has 11 heavy (non-hydrogen) atoms. The quantitative estimate of drug-likeness (QED) is 0.673. The summed E-state index contributed by atoms with van der Waals surface area (Å²) in [5, 5.41) is 16.4. The lowest BCUT2D eigenvalue weighted by Gasteiger charge is -2.27. The molecule has 4 heteroatoms. The number of aromatic nitrogens is 3. The van der Waals surface area contributed by atoms with Crippen LogP contribution in [0.2, 0.25) is 0 Å². The van der Waals surface area contributed by atoms with Crippen molar-refractivity contribution < 1.29 is 5.11 Å². The zero-order valence-corrected chi connectivity index (χ0v) is 6.27. The Hall–Kier alpha value is -0.900. The molecule has 1 aromatic heterocycles. The Labute approximate surface area is 64.9 Å². The summed E-state index contributed by atoms with van der Waals surface area (Å²) in [6, 6.07) is 0.548. The van der Waals surface area contributed by atoms with E-state index in [4.69, 9.17) is 5.11 Å². The van der Waals surface area contributed by atoms with Crippen LogP contribution in [0.25, 0.3) is 0 Å². The van der Waals surface area contributed by atoms with Crippen molar-refractivity contribution in [2.45, 2.75) is 31.9 Å². The third-order valence-electron chi connectivity index (χ3n) is 2.26. The van der Waals surface area contributed by atoms with Crippen molar-refractivity contribution in [1.82, 2.24) is 14.8 Å². The first kappa shape index (κ1) is 6.79. The van der Waals surface area contributed by atoms with Crippen LogP contribution in [0.5, 0.6) is 0 Å². The summed E-state index contributed by atoms with van der Waals surface area (Å²) in [6.45, 7) is -0.00347. The summed E-state index contributed by atoms with van der Waals surface area (Å²) >= 11 is 0. The fraction of sp³-hybridized carbons (Fsp3) is 0.714. The van der Waals surface area contributed by atoms with E-state index in [1.54, 1.807) is 6.33 Å². The van der Waals surface area contributed by atoms with Crippen molar-refractivity contribution in [2.75, 3.05) is 0 Å². The molecule has 1 aliphatic rings. The van der Waals surface area contributed by atoms with E-state index >= 15 is 0 Å². The van der Waals surface area contributed by atoms with Gasteiger partial charge in [0.05, 0.1) is 0 Å². The number of hydrogen-bond donors (Lipinski definition) is 1. The van der Waals surface area contributed by atoms with Gasteiger partial charge in [-0.1, -0.05) is 0 Å². The molecule has 0 atom stereocenters. The summed E-state index contributed by atoms with van der Waals surface area (Å²) in [7, 11) is 0. The molecule has 0 saturated heterocycles. The van der Waals surface area contributed by atoms with Crippen molar-refractivity contribution in [2.24, 2.45) is 0 Å². The third-order valence-corrected chi connectivity index (χ3v) is 2.26. The standard InChI is InChI=1S/C7H11N3O/c11-4-7-9-8-5-10(7)6-2-1-3-6/h5-6,11H,1-4H2. The minimum atomic E-state index is -0.00347. The van der Waals surface area contributed by atoms with Gasteiger partial charge in [0.15, 0.2) is 5.82 Å². The van der Waals surface area contributed by atoms with Gasteiger partial charge >= 0.3 is 0 Å². The molecule has 1 aliphatic carbocycles. The van der Waals surface area contributed by atoms with Crippen LogP contribution in [0, 0.1) is 0 Å². The van der Waals surface area contributed by atoms with E-state index in [1.807, 2.05) is 4.57 Å². The smallest absolute Gasteiger partial charge is 0.158 e. The highest BCUT2D eigenvalue weighted by Gasteiger charge is 2.21. The number of hydrogen-bond acceptors (Lipinski definition) is 3. The van der Waals surface area contributed by atoms with E-state index in [0.29, 0.717) is 11.9 Å². The Morgan fingerprint density at radius 2 is 2.45 bits per heavy atom. The van der Waals surface area contributed by atoms with Gasteiger partial charge in [0.2, 0.25) is 0 Å². The number of rotatable bonds is 2. The molecule has 1 aromatic rings. The number of aliphatic hydroxyl groups is 1. The molecule has 2 rings (SSSR count). The van der Waals surface area contributed by atoms with Gasteiger partial charge in [0, 0.05) is 6.04 Å². The average Bonchev–Trinajstić information content (AvgIpc) is 2.32. The molecule has 1 heterocycles. The molecule has 0 bridgehead atoms. The SMILES string of the molecule is OCc1nncn1C1CCC1. The van der Waals surface area contributed by atoms with Crippen molar-refractivity contribution in [3.63, 3.8) is 0 Å². The van der Waals surface area contributed by atoms with Crippen LogP contribution in [0.3, 0.4) is 0 Å². The van der Waals surface area contributed by atoms with Gasteiger partial charge in [-0.25, -0.2) is 0 Å².